The molecule has 4 N–H and O–H groups in total. The summed E-state index contributed by atoms with van der Waals surface area (Å²) in [5.74, 6) is -0.633. The number of hydrogen-bond donors (Lipinski definition) is 4. The highest BCUT2D eigenvalue weighted by molar-refractivity contribution is 9.10. The van der Waals surface area contributed by atoms with Crippen molar-refractivity contribution < 1.29 is 36.3 Å². The van der Waals surface area contributed by atoms with E-state index in [9.17, 15) is 26.6 Å². The number of amides is 1. The Kier molecular flexibility index (Phi) is 6.87. The van der Waals surface area contributed by atoms with Crippen molar-refractivity contribution in [3.63, 3.8) is 0 Å². The highest BCUT2D eigenvalue weighted by Crippen LogP contribution is 2.60. The monoisotopic (exact) mass is 464 g/mol. The Labute approximate surface area is 151 Å². The third-order valence-corrected chi connectivity index (χ3v) is 5.42. The third kappa shape index (κ3) is 5.80. The number of rotatable bonds is 7. The van der Waals surface area contributed by atoms with Gasteiger partial charge in [0.25, 0.3) is 0 Å². The molecule has 1 atom stereocenters. The summed E-state index contributed by atoms with van der Waals surface area (Å²) >= 11 is 2.82. The summed E-state index contributed by atoms with van der Waals surface area (Å²) in [6, 6.07) is 1.89. The number of nitrogens with one attached hydrogen (secondary N) is 2. The summed E-state index contributed by atoms with van der Waals surface area (Å²) in [6.07, 6.45) is 0.704. The van der Waals surface area contributed by atoms with E-state index >= 15 is 0 Å². The van der Waals surface area contributed by atoms with E-state index in [1.165, 1.54) is 7.05 Å². The van der Waals surface area contributed by atoms with Crippen LogP contribution in [0.4, 0.5) is 8.78 Å². The molecule has 0 fully saturated rings. The van der Waals surface area contributed by atoms with Crippen molar-refractivity contribution in [1.29, 1.82) is 0 Å². The van der Waals surface area contributed by atoms with Gasteiger partial charge in [0, 0.05) is 17.1 Å². The molecule has 1 amide bonds. The smallest absolute Gasteiger partial charge is 0.358 e. The van der Waals surface area contributed by atoms with Crippen LogP contribution in [0.15, 0.2) is 22.7 Å². The number of hydrogen-bond acceptors (Lipinski definition) is 4. The van der Waals surface area contributed by atoms with Gasteiger partial charge in [-0.1, -0.05) is 28.1 Å². The highest BCUT2D eigenvalue weighted by atomic mass is 79.9. The van der Waals surface area contributed by atoms with Crippen LogP contribution in [0, 0.1) is 0 Å². The lowest BCUT2D eigenvalue weighted by Gasteiger charge is -2.20. The fourth-order valence-corrected chi connectivity index (χ4v) is 3.99. The molecule has 1 aromatic rings. The van der Waals surface area contributed by atoms with Crippen LogP contribution in [0.25, 0.3) is 0 Å². The molecule has 142 valence electrons. The van der Waals surface area contributed by atoms with Crippen LogP contribution in [0.3, 0.4) is 0 Å². The molecule has 0 radical (unpaired) electrons. The second kappa shape index (κ2) is 7.77. The fourth-order valence-electron chi connectivity index (χ4n) is 1.94. The zero-order valence-corrected chi connectivity index (χ0v) is 16.3. The second-order valence-electron chi connectivity index (χ2n) is 5.16. The maximum Gasteiger partial charge on any atom is 0.399 e. The van der Waals surface area contributed by atoms with Crippen molar-refractivity contribution in [2.45, 2.75) is 18.1 Å². The van der Waals surface area contributed by atoms with Crippen molar-refractivity contribution in [3.05, 3.63) is 33.8 Å². The van der Waals surface area contributed by atoms with Crippen molar-refractivity contribution in [3.8, 4) is 0 Å². The van der Waals surface area contributed by atoms with Gasteiger partial charge in [-0.25, -0.2) is 13.1 Å². The lowest BCUT2D eigenvalue weighted by atomic mass is 10.0. The number of alkyl halides is 2. The minimum Gasteiger partial charge on any atom is -0.358 e. The molecular formula is C12H16BrF2N2O6PS. The highest BCUT2D eigenvalue weighted by Gasteiger charge is 2.51. The molecule has 0 aliphatic rings. The summed E-state index contributed by atoms with van der Waals surface area (Å²) in [5, 5.41) is 2.28. The molecule has 1 aromatic carbocycles. The molecule has 1 unspecified atom stereocenters. The average molecular weight is 465 g/mol. The summed E-state index contributed by atoms with van der Waals surface area (Å²) in [7, 11) is -8.13. The Morgan fingerprint density at radius 2 is 1.96 bits per heavy atom. The molecule has 0 aliphatic carbocycles. The lowest BCUT2D eigenvalue weighted by Crippen LogP contribution is -2.46. The van der Waals surface area contributed by atoms with E-state index in [1.54, 1.807) is 0 Å². The number of carbonyl (C=O) groups excluding carboxylic acids is 1. The molecule has 8 nitrogen and oxygen atoms in total. The maximum atomic E-state index is 13.8. The first kappa shape index (κ1) is 22.1. The van der Waals surface area contributed by atoms with Crippen molar-refractivity contribution >= 4 is 39.5 Å². The maximum absolute atomic E-state index is 13.8. The molecule has 0 aliphatic heterocycles. The Morgan fingerprint density at radius 3 is 2.36 bits per heavy atom. The van der Waals surface area contributed by atoms with Crippen LogP contribution in [0.5, 0.6) is 0 Å². The van der Waals surface area contributed by atoms with E-state index in [1.807, 2.05) is 0 Å². The number of sulfonamides is 1. The van der Waals surface area contributed by atoms with E-state index in [-0.39, 0.29) is 10.9 Å². The fraction of sp³-hybridized carbons (Fsp3) is 0.417. The van der Waals surface area contributed by atoms with Crippen LogP contribution in [-0.2, 0) is 31.5 Å². The van der Waals surface area contributed by atoms with Crippen molar-refractivity contribution in [1.82, 2.24) is 10.0 Å². The molecular weight excluding hydrogens is 449 g/mol. The first-order chi connectivity index (χ1) is 11.2. The van der Waals surface area contributed by atoms with Crippen LogP contribution in [0.1, 0.15) is 11.1 Å². The Morgan fingerprint density at radius 1 is 1.40 bits per heavy atom. The summed E-state index contributed by atoms with van der Waals surface area (Å²) in [4.78, 5) is 29.3. The Bertz CT molecular complexity index is 814. The predicted molar refractivity (Wildman–Crippen MR) is 89.6 cm³/mol. The third-order valence-electron chi connectivity index (χ3n) is 3.08. The molecule has 0 aromatic heterocycles. The molecule has 0 saturated carbocycles. The zero-order valence-electron chi connectivity index (χ0n) is 13.0. The van der Waals surface area contributed by atoms with Crippen LogP contribution < -0.4 is 10.0 Å². The van der Waals surface area contributed by atoms with Gasteiger partial charge < -0.3 is 15.1 Å². The zero-order chi connectivity index (χ0) is 19.6. The standard InChI is InChI=1S/C12H16BrF2N2O6PS/c1-16-11(18)10(17-25(2,22)23)6-7-3-4-8(9(13)5-7)12(14,15)24(19,20)21/h3-5,10,17H,6H2,1-2H3,(H,16,18)(H2,19,20,21). The molecule has 0 saturated heterocycles. The number of carbonyl (C=O) groups is 1. The van der Waals surface area contributed by atoms with E-state index in [0.717, 1.165) is 24.5 Å². The van der Waals surface area contributed by atoms with Gasteiger partial charge in [0.15, 0.2) is 0 Å². The van der Waals surface area contributed by atoms with Crippen molar-refractivity contribution in [2.75, 3.05) is 13.3 Å². The summed E-state index contributed by atoms with van der Waals surface area (Å²) < 4.78 is 63.0. The van der Waals surface area contributed by atoms with Crippen LogP contribution in [-0.4, -0.2) is 43.5 Å². The quantitative estimate of drug-likeness (QED) is 0.442. The number of likely N-dealkylation sites (N-methyl/N-ethyl adjacent to an activating group) is 1. The first-order valence-electron chi connectivity index (χ1n) is 6.60. The van der Waals surface area contributed by atoms with Crippen molar-refractivity contribution in [2.24, 2.45) is 0 Å². The Balaban J connectivity index is 3.18. The average Bonchev–Trinajstić information content (AvgIpc) is 2.42. The number of benzene rings is 1. The van der Waals surface area contributed by atoms with E-state index in [4.69, 9.17) is 9.79 Å². The normalized spacial score (nSPS) is 14.2. The van der Waals surface area contributed by atoms with Gasteiger partial charge in [-0.15, -0.1) is 0 Å². The van der Waals surface area contributed by atoms with Gasteiger partial charge in [0.1, 0.15) is 6.04 Å². The van der Waals surface area contributed by atoms with Gasteiger partial charge in [-0.05, 0) is 18.1 Å². The SMILES string of the molecule is CNC(=O)C(Cc1ccc(C(F)(F)P(=O)(O)O)c(Br)c1)NS(C)(=O)=O. The van der Waals surface area contributed by atoms with Crippen LogP contribution in [0.2, 0.25) is 0 Å². The summed E-state index contributed by atoms with van der Waals surface area (Å²) in [6.45, 7) is 0. The van der Waals surface area contributed by atoms with Gasteiger partial charge in [0.05, 0.1) is 6.26 Å². The molecule has 0 bridgehead atoms. The van der Waals surface area contributed by atoms with E-state index < -0.39 is 40.8 Å². The molecule has 0 heterocycles. The molecule has 13 heteroatoms. The molecule has 0 spiro atoms. The van der Waals surface area contributed by atoms with Gasteiger partial charge >= 0.3 is 13.3 Å². The van der Waals surface area contributed by atoms with Gasteiger partial charge in [0.2, 0.25) is 15.9 Å². The minimum absolute atomic E-state index is 0.160. The van der Waals surface area contributed by atoms with E-state index in [2.05, 4.69) is 26.0 Å². The second-order valence-corrected chi connectivity index (χ2v) is 9.44. The Hall–Kier alpha value is -0.910. The summed E-state index contributed by atoms with van der Waals surface area (Å²) in [5.41, 5.74) is -5.02. The largest absolute Gasteiger partial charge is 0.399 e. The minimum atomic E-state index is -5.73. The lowest BCUT2D eigenvalue weighted by molar-refractivity contribution is -0.122. The van der Waals surface area contributed by atoms with Crippen LogP contribution >= 0.6 is 23.5 Å². The molecule has 25 heavy (non-hydrogen) atoms. The topological polar surface area (TPSA) is 133 Å². The predicted octanol–water partition coefficient (Wildman–Crippen LogP) is 0.882. The van der Waals surface area contributed by atoms with Gasteiger partial charge in [-0.2, -0.15) is 8.78 Å². The first-order valence-corrected chi connectivity index (χ1v) is 10.9. The molecule has 1 rings (SSSR count). The number of halogens is 3. The van der Waals surface area contributed by atoms with E-state index in [0.29, 0.717) is 5.56 Å². The van der Waals surface area contributed by atoms with Gasteiger partial charge in [-0.3, -0.25) is 9.36 Å².